The molecule has 0 amide bonds. The summed E-state index contributed by atoms with van der Waals surface area (Å²) in [4.78, 5) is 17.1. The van der Waals surface area contributed by atoms with Gasteiger partial charge in [0.15, 0.2) is 0 Å². The molecule has 132 valence electrons. The number of H-pyrrole nitrogens is 2. The fraction of sp³-hybridized carbons (Fsp3) is 0.0455. The van der Waals surface area contributed by atoms with Gasteiger partial charge in [0.05, 0.1) is 11.0 Å². The Morgan fingerprint density at radius 1 is 0.926 bits per heavy atom. The number of imidazole rings is 1. The Balaban J connectivity index is 1.75. The smallest absolute Gasteiger partial charge is 0.323 e. The van der Waals surface area contributed by atoms with Gasteiger partial charge in [-0.25, -0.2) is 4.79 Å². The zero-order valence-electron chi connectivity index (χ0n) is 14.3. The Kier molecular flexibility index (Phi) is 3.66. The van der Waals surface area contributed by atoms with E-state index in [0.717, 1.165) is 44.6 Å². The van der Waals surface area contributed by atoms with Gasteiger partial charge < -0.3 is 14.7 Å². The number of ether oxygens (including phenoxy) is 1. The summed E-state index contributed by atoms with van der Waals surface area (Å²) >= 11 is 6.20. The molecule has 0 unspecified atom stereocenters. The van der Waals surface area contributed by atoms with Crippen LogP contribution in [-0.2, 0) is 6.61 Å². The summed E-state index contributed by atoms with van der Waals surface area (Å²) in [6.45, 7) is 0.467. The fourth-order valence-corrected chi connectivity index (χ4v) is 3.72. The molecule has 4 aromatic rings. The van der Waals surface area contributed by atoms with E-state index in [0.29, 0.717) is 11.6 Å². The van der Waals surface area contributed by atoms with E-state index in [4.69, 9.17) is 16.3 Å². The molecule has 0 aliphatic carbocycles. The number of aromatic nitrogens is 2. The van der Waals surface area contributed by atoms with Crippen LogP contribution in [0.15, 0.2) is 65.5 Å². The van der Waals surface area contributed by atoms with Gasteiger partial charge in [0.25, 0.3) is 0 Å². The van der Waals surface area contributed by atoms with Crippen molar-refractivity contribution in [1.29, 1.82) is 0 Å². The number of hydrogen-bond donors (Lipinski definition) is 2. The molecule has 1 aliphatic heterocycles. The lowest BCUT2D eigenvalue weighted by molar-refractivity contribution is 0.307. The molecule has 27 heavy (non-hydrogen) atoms. The van der Waals surface area contributed by atoms with Crippen molar-refractivity contribution in [2.75, 3.05) is 0 Å². The highest BCUT2D eigenvalue weighted by molar-refractivity contribution is 6.30. The Bertz CT molecular complexity index is 1270. The molecule has 0 bridgehead atoms. The molecular formula is C22H15ClN2O2. The molecule has 2 heterocycles. The summed E-state index contributed by atoms with van der Waals surface area (Å²) in [5.74, 6) is 0.840. The summed E-state index contributed by atoms with van der Waals surface area (Å²) in [7, 11) is 0. The Labute approximate surface area is 160 Å². The van der Waals surface area contributed by atoms with Crippen LogP contribution in [0.25, 0.3) is 22.7 Å². The SMILES string of the molecule is O=c1[nH]c2ccc(C=C3c4ccc(Cl)cc4COc4ccccc43)cc2[nH]1. The number of fused-ring (bicyclic) bond motifs is 3. The molecular weight excluding hydrogens is 360 g/mol. The average Bonchev–Trinajstić information content (AvgIpc) is 2.97. The quantitative estimate of drug-likeness (QED) is 0.493. The molecule has 3 aromatic carbocycles. The largest absolute Gasteiger partial charge is 0.488 e. The van der Waals surface area contributed by atoms with Gasteiger partial charge in [-0.3, -0.25) is 0 Å². The van der Waals surface area contributed by atoms with Gasteiger partial charge in [0.1, 0.15) is 12.4 Å². The molecule has 0 atom stereocenters. The van der Waals surface area contributed by atoms with E-state index in [9.17, 15) is 4.79 Å². The minimum absolute atomic E-state index is 0.206. The van der Waals surface area contributed by atoms with E-state index in [1.807, 2.05) is 54.6 Å². The van der Waals surface area contributed by atoms with Crippen molar-refractivity contribution < 1.29 is 4.74 Å². The highest BCUT2D eigenvalue weighted by atomic mass is 35.5. The lowest BCUT2D eigenvalue weighted by Gasteiger charge is -2.11. The number of nitrogens with one attached hydrogen (secondary N) is 2. The zero-order chi connectivity index (χ0) is 18.4. The van der Waals surface area contributed by atoms with Gasteiger partial charge in [-0.05, 0) is 58.7 Å². The third-order valence-electron chi connectivity index (χ3n) is 4.77. The summed E-state index contributed by atoms with van der Waals surface area (Å²) in [5.41, 5.74) is 6.58. The first-order valence-electron chi connectivity index (χ1n) is 8.62. The molecule has 5 rings (SSSR count). The van der Waals surface area contributed by atoms with Crippen LogP contribution in [0.4, 0.5) is 0 Å². The Morgan fingerprint density at radius 2 is 1.78 bits per heavy atom. The van der Waals surface area contributed by atoms with E-state index in [1.54, 1.807) is 0 Å². The van der Waals surface area contributed by atoms with Crippen molar-refractivity contribution in [3.8, 4) is 5.75 Å². The maximum atomic E-state index is 11.5. The van der Waals surface area contributed by atoms with Gasteiger partial charge in [-0.15, -0.1) is 0 Å². The second-order valence-electron chi connectivity index (χ2n) is 6.53. The maximum Gasteiger partial charge on any atom is 0.323 e. The molecule has 1 aliphatic rings. The summed E-state index contributed by atoms with van der Waals surface area (Å²) in [6, 6.07) is 19.7. The number of benzene rings is 3. The van der Waals surface area contributed by atoms with Gasteiger partial charge >= 0.3 is 5.69 Å². The molecule has 4 nitrogen and oxygen atoms in total. The normalized spacial score (nSPS) is 14.5. The molecule has 0 spiro atoms. The monoisotopic (exact) mass is 374 g/mol. The standard InChI is InChI=1S/C22H15ClN2O2/c23-15-6-7-16-14(11-15)12-27-21-4-2-1-3-17(21)18(16)9-13-5-8-19-20(10-13)25-22(26)24-19/h1-11H,12H2,(H2,24,25,26). The third kappa shape index (κ3) is 2.84. The number of aromatic amines is 2. The predicted molar refractivity (Wildman–Crippen MR) is 108 cm³/mol. The first kappa shape index (κ1) is 16.0. The highest BCUT2D eigenvalue weighted by Gasteiger charge is 2.19. The summed E-state index contributed by atoms with van der Waals surface area (Å²) in [6.07, 6.45) is 2.12. The van der Waals surface area contributed by atoms with Crippen molar-refractivity contribution in [2.45, 2.75) is 6.61 Å². The van der Waals surface area contributed by atoms with Gasteiger partial charge in [0, 0.05) is 10.6 Å². The van der Waals surface area contributed by atoms with Gasteiger partial charge in [-0.1, -0.05) is 41.9 Å². The first-order valence-corrected chi connectivity index (χ1v) is 9.00. The van der Waals surface area contributed by atoms with E-state index in [1.165, 1.54) is 0 Å². The highest BCUT2D eigenvalue weighted by Crippen LogP contribution is 2.38. The third-order valence-corrected chi connectivity index (χ3v) is 5.00. The second kappa shape index (κ2) is 6.18. The van der Waals surface area contributed by atoms with Crippen LogP contribution in [0.2, 0.25) is 5.02 Å². The topological polar surface area (TPSA) is 57.9 Å². The van der Waals surface area contributed by atoms with Crippen LogP contribution in [-0.4, -0.2) is 9.97 Å². The number of halogens is 1. The number of para-hydroxylation sites is 1. The van der Waals surface area contributed by atoms with Crippen LogP contribution >= 0.6 is 11.6 Å². The zero-order valence-corrected chi connectivity index (χ0v) is 15.0. The Morgan fingerprint density at radius 3 is 2.70 bits per heavy atom. The van der Waals surface area contributed by atoms with Crippen molar-refractivity contribution in [3.63, 3.8) is 0 Å². The average molecular weight is 375 g/mol. The fourth-order valence-electron chi connectivity index (χ4n) is 3.52. The molecule has 5 heteroatoms. The van der Waals surface area contributed by atoms with E-state index in [2.05, 4.69) is 22.1 Å². The second-order valence-corrected chi connectivity index (χ2v) is 6.96. The molecule has 0 fully saturated rings. The lowest BCUT2D eigenvalue weighted by atomic mass is 9.92. The molecule has 1 aromatic heterocycles. The van der Waals surface area contributed by atoms with Gasteiger partial charge in [-0.2, -0.15) is 0 Å². The van der Waals surface area contributed by atoms with Crippen LogP contribution in [0.5, 0.6) is 5.75 Å². The van der Waals surface area contributed by atoms with Crippen LogP contribution in [0, 0.1) is 0 Å². The van der Waals surface area contributed by atoms with Crippen LogP contribution in [0.1, 0.15) is 22.3 Å². The van der Waals surface area contributed by atoms with Gasteiger partial charge in [0.2, 0.25) is 0 Å². The van der Waals surface area contributed by atoms with Crippen LogP contribution < -0.4 is 10.4 Å². The predicted octanol–water partition coefficient (Wildman–Crippen LogP) is 4.99. The maximum absolute atomic E-state index is 11.5. The van der Waals surface area contributed by atoms with Crippen molar-refractivity contribution in [1.82, 2.24) is 9.97 Å². The summed E-state index contributed by atoms with van der Waals surface area (Å²) < 4.78 is 6.02. The lowest BCUT2D eigenvalue weighted by Crippen LogP contribution is -1.99. The van der Waals surface area contributed by atoms with Crippen LogP contribution in [0.3, 0.4) is 0 Å². The van der Waals surface area contributed by atoms with E-state index in [-0.39, 0.29) is 5.69 Å². The minimum atomic E-state index is -0.206. The Hall–Kier alpha value is -3.24. The van der Waals surface area contributed by atoms with Crippen molar-refractivity contribution in [2.24, 2.45) is 0 Å². The van der Waals surface area contributed by atoms with E-state index < -0.39 is 0 Å². The van der Waals surface area contributed by atoms with Crippen molar-refractivity contribution in [3.05, 3.63) is 98.4 Å². The number of rotatable bonds is 1. The van der Waals surface area contributed by atoms with E-state index >= 15 is 0 Å². The molecule has 0 saturated heterocycles. The minimum Gasteiger partial charge on any atom is -0.488 e. The van der Waals surface area contributed by atoms with Crippen molar-refractivity contribution >= 4 is 34.3 Å². The molecule has 2 N–H and O–H groups in total. The number of hydrogen-bond acceptors (Lipinski definition) is 2. The summed E-state index contributed by atoms with van der Waals surface area (Å²) in [5, 5.41) is 0.689. The molecule has 0 radical (unpaired) electrons. The first-order chi connectivity index (χ1) is 13.2. The molecule has 0 saturated carbocycles.